The summed E-state index contributed by atoms with van der Waals surface area (Å²) in [6.07, 6.45) is 22.4. The van der Waals surface area contributed by atoms with Gasteiger partial charge in [0.05, 0.1) is 19.3 Å². The second kappa shape index (κ2) is 24.8. The van der Waals surface area contributed by atoms with Crippen LogP contribution in [0.3, 0.4) is 0 Å². The monoisotopic (exact) mass is 660 g/mol. The second-order valence-electron chi connectivity index (χ2n) is 11.0. The lowest BCUT2D eigenvalue weighted by Crippen LogP contribution is -2.35. The Labute approximate surface area is 256 Å². The summed E-state index contributed by atoms with van der Waals surface area (Å²) in [7, 11) is 0. The van der Waals surface area contributed by atoms with Gasteiger partial charge in [-0.05, 0) is 31.9 Å². The first-order chi connectivity index (χ1) is 18.7. The topological polar surface area (TPSA) is 60.9 Å². The molecule has 1 aromatic rings. The van der Waals surface area contributed by atoms with Crippen LogP contribution in [0.4, 0.5) is 4.79 Å². The van der Waals surface area contributed by atoms with Gasteiger partial charge in [-0.1, -0.05) is 96.5 Å². The van der Waals surface area contributed by atoms with Crippen molar-refractivity contribution >= 4 is 30.1 Å². The van der Waals surface area contributed by atoms with Crippen molar-refractivity contribution in [1.29, 1.82) is 0 Å². The Morgan fingerprint density at radius 2 is 1.56 bits per heavy atom. The van der Waals surface area contributed by atoms with Gasteiger partial charge >= 0.3 is 6.09 Å². The van der Waals surface area contributed by atoms with Crippen LogP contribution in [0, 0.1) is 5.92 Å². The summed E-state index contributed by atoms with van der Waals surface area (Å²) in [6, 6.07) is 5.84. The van der Waals surface area contributed by atoms with Crippen LogP contribution in [0.2, 0.25) is 0 Å². The number of amides is 1. The standard InChI is InChI=1S/C32H56N2O4.HI/c1-3-5-6-7-8-9-10-11-12-13-14-15-16-19-24-36-26-29-25-31(37-27-29)28-38-32(35)34(4-2)23-21-30-20-17-18-22-33-30;/h17-18,20,22,29,31H,3-16,19,21,23-28H2,1-2H3;1H/t29-,31-;/m0./s1. The van der Waals surface area contributed by atoms with E-state index in [0.717, 1.165) is 38.2 Å². The molecule has 6 nitrogen and oxygen atoms in total. The van der Waals surface area contributed by atoms with Gasteiger partial charge in [0, 0.05) is 43.9 Å². The number of pyridine rings is 1. The number of ether oxygens (including phenoxy) is 3. The first kappa shape index (κ1) is 36.1. The molecule has 1 aliphatic rings. The average Bonchev–Trinajstić information content (AvgIpc) is 3.40. The molecule has 0 spiro atoms. The van der Waals surface area contributed by atoms with Gasteiger partial charge in [0.1, 0.15) is 6.61 Å². The molecule has 0 saturated carbocycles. The lowest BCUT2D eigenvalue weighted by atomic mass is 10.0. The van der Waals surface area contributed by atoms with E-state index < -0.39 is 0 Å². The summed E-state index contributed by atoms with van der Waals surface area (Å²) in [6.45, 7) is 8.07. The van der Waals surface area contributed by atoms with E-state index in [2.05, 4.69) is 11.9 Å². The molecular weight excluding hydrogens is 603 g/mol. The minimum absolute atomic E-state index is 0. The second-order valence-corrected chi connectivity index (χ2v) is 11.0. The summed E-state index contributed by atoms with van der Waals surface area (Å²) < 4.78 is 17.3. The summed E-state index contributed by atoms with van der Waals surface area (Å²) in [5.41, 5.74) is 0.981. The maximum absolute atomic E-state index is 12.5. The maximum atomic E-state index is 12.5. The molecule has 0 aromatic carbocycles. The molecular formula is C32H57IN2O4. The first-order valence-corrected chi connectivity index (χ1v) is 15.7. The number of halogens is 1. The Hall–Kier alpha value is -0.930. The highest BCUT2D eigenvalue weighted by molar-refractivity contribution is 14.0. The zero-order chi connectivity index (χ0) is 27.1. The van der Waals surface area contributed by atoms with E-state index >= 15 is 0 Å². The van der Waals surface area contributed by atoms with Crippen LogP contribution in [0.25, 0.3) is 0 Å². The predicted molar refractivity (Wildman–Crippen MR) is 171 cm³/mol. The number of aromatic nitrogens is 1. The molecule has 1 aromatic heterocycles. The van der Waals surface area contributed by atoms with E-state index in [0.29, 0.717) is 32.2 Å². The summed E-state index contributed by atoms with van der Waals surface area (Å²) in [4.78, 5) is 18.5. The molecule has 2 heterocycles. The van der Waals surface area contributed by atoms with Crippen molar-refractivity contribution in [3.63, 3.8) is 0 Å². The zero-order valence-electron chi connectivity index (χ0n) is 25.0. The van der Waals surface area contributed by atoms with Crippen molar-refractivity contribution in [1.82, 2.24) is 9.88 Å². The van der Waals surface area contributed by atoms with Crippen LogP contribution >= 0.6 is 24.0 Å². The molecule has 1 fully saturated rings. The summed E-state index contributed by atoms with van der Waals surface area (Å²) >= 11 is 0. The molecule has 0 unspecified atom stereocenters. The molecule has 1 aliphatic heterocycles. The number of likely N-dealkylation sites (N-methyl/N-ethyl adjacent to an activating group) is 1. The number of rotatable bonds is 23. The molecule has 7 heteroatoms. The maximum Gasteiger partial charge on any atom is 0.409 e. The van der Waals surface area contributed by atoms with Crippen molar-refractivity contribution < 1.29 is 19.0 Å². The molecule has 1 saturated heterocycles. The fourth-order valence-electron chi connectivity index (χ4n) is 5.09. The molecule has 0 N–H and O–H groups in total. The van der Waals surface area contributed by atoms with Crippen LogP contribution in [0.5, 0.6) is 0 Å². The summed E-state index contributed by atoms with van der Waals surface area (Å²) in [5.74, 6) is 0.400. The normalized spacial score (nSPS) is 16.7. The fraction of sp³-hybridized carbons (Fsp3) is 0.812. The third-order valence-corrected chi connectivity index (χ3v) is 7.56. The SMILES string of the molecule is CCCCCCCCCCCCCCCCOC[C@H]1CO[C@H](COC(=O)N(CC)CCc2ccccn2)C1.I. The smallest absolute Gasteiger partial charge is 0.409 e. The Kier molecular flexibility index (Phi) is 23.0. The summed E-state index contributed by atoms with van der Waals surface area (Å²) in [5, 5.41) is 0. The molecule has 39 heavy (non-hydrogen) atoms. The zero-order valence-corrected chi connectivity index (χ0v) is 27.3. The molecule has 0 aliphatic carbocycles. The number of carbonyl (C=O) groups excluding carboxylic acids is 1. The number of hydrogen-bond acceptors (Lipinski definition) is 5. The minimum atomic E-state index is -0.274. The Balaban J connectivity index is 0.00000760. The van der Waals surface area contributed by atoms with Crippen molar-refractivity contribution in [3.05, 3.63) is 30.1 Å². The van der Waals surface area contributed by atoms with E-state index in [1.807, 2.05) is 25.1 Å². The van der Waals surface area contributed by atoms with Crippen molar-refractivity contribution in [2.24, 2.45) is 5.92 Å². The highest BCUT2D eigenvalue weighted by atomic mass is 127. The fourth-order valence-corrected chi connectivity index (χ4v) is 5.09. The van der Waals surface area contributed by atoms with Crippen LogP contribution < -0.4 is 0 Å². The number of nitrogens with zero attached hydrogens (tertiary/aromatic N) is 2. The van der Waals surface area contributed by atoms with Gasteiger partial charge in [0.2, 0.25) is 0 Å². The van der Waals surface area contributed by atoms with Crippen LogP contribution in [-0.4, -0.2) is 61.6 Å². The van der Waals surface area contributed by atoms with Gasteiger partial charge in [0.15, 0.2) is 0 Å². The van der Waals surface area contributed by atoms with Crippen molar-refractivity contribution in [2.75, 3.05) is 39.5 Å². The first-order valence-electron chi connectivity index (χ1n) is 15.7. The lowest BCUT2D eigenvalue weighted by molar-refractivity contribution is 0.0278. The van der Waals surface area contributed by atoms with Gasteiger partial charge in [0.25, 0.3) is 0 Å². The third kappa shape index (κ3) is 18.2. The Bertz CT molecular complexity index is 694. The number of hydrogen-bond donors (Lipinski definition) is 0. The Morgan fingerprint density at radius 3 is 2.15 bits per heavy atom. The number of carbonyl (C=O) groups is 1. The molecule has 226 valence electrons. The van der Waals surface area contributed by atoms with Gasteiger partial charge < -0.3 is 19.1 Å². The van der Waals surface area contributed by atoms with Crippen LogP contribution in [0.15, 0.2) is 24.4 Å². The van der Waals surface area contributed by atoms with E-state index in [1.165, 1.54) is 83.5 Å². The lowest BCUT2D eigenvalue weighted by Gasteiger charge is -2.21. The van der Waals surface area contributed by atoms with Crippen LogP contribution in [0.1, 0.15) is 116 Å². The molecule has 1 amide bonds. The van der Waals surface area contributed by atoms with E-state index in [4.69, 9.17) is 14.2 Å². The van der Waals surface area contributed by atoms with Gasteiger partial charge in [-0.2, -0.15) is 0 Å². The van der Waals surface area contributed by atoms with Gasteiger partial charge in [-0.25, -0.2) is 4.79 Å². The van der Waals surface area contributed by atoms with Gasteiger partial charge in [-0.15, -0.1) is 24.0 Å². The average molecular weight is 661 g/mol. The molecule has 2 atom stereocenters. The van der Waals surface area contributed by atoms with Crippen LogP contribution in [-0.2, 0) is 20.6 Å². The molecule has 2 rings (SSSR count). The predicted octanol–water partition coefficient (Wildman–Crippen LogP) is 8.60. The van der Waals surface area contributed by atoms with Crippen molar-refractivity contribution in [2.45, 2.75) is 123 Å². The van der Waals surface area contributed by atoms with Crippen molar-refractivity contribution in [3.8, 4) is 0 Å². The molecule has 0 radical (unpaired) electrons. The Morgan fingerprint density at radius 1 is 0.923 bits per heavy atom. The van der Waals surface area contributed by atoms with E-state index in [1.54, 1.807) is 11.1 Å². The van der Waals surface area contributed by atoms with Gasteiger partial charge in [-0.3, -0.25) is 4.98 Å². The number of unbranched alkanes of at least 4 members (excludes halogenated alkanes) is 13. The highest BCUT2D eigenvalue weighted by Crippen LogP contribution is 2.21. The largest absolute Gasteiger partial charge is 0.447 e. The molecule has 0 bridgehead atoms. The van der Waals surface area contributed by atoms with E-state index in [9.17, 15) is 4.79 Å². The highest BCUT2D eigenvalue weighted by Gasteiger charge is 2.27. The third-order valence-electron chi connectivity index (χ3n) is 7.56. The van der Waals surface area contributed by atoms with E-state index in [-0.39, 0.29) is 36.2 Å². The minimum Gasteiger partial charge on any atom is -0.447 e. The quantitative estimate of drug-likeness (QED) is 0.0870.